The minimum atomic E-state index is -0.409. The van der Waals surface area contributed by atoms with Crippen molar-refractivity contribution in [3.63, 3.8) is 0 Å². The number of carbonyl (C=O) groups excluding carboxylic acids is 1. The van der Waals surface area contributed by atoms with Gasteiger partial charge in [-0.15, -0.1) is 5.10 Å². The van der Waals surface area contributed by atoms with Crippen LogP contribution in [0.3, 0.4) is 0 Å². The Labute approximate surface area is 154 Å². The summed E-state index contributed by atoms with van der Waals surface area (Å²) in [5, 5.41) is 11.0. The molecule has 0 aliphatic carbocycles. The highest BCUT2D eigenvalue weighted by molar-refractivity contribution is 5.91. The van der Waals surface area contributed by atoms with E-state index >= 15 is 0 Å². The van der Waals surface area contributed by atoms with Crippen LogP contribution < -0.4 is 20.3 Å². The quantitative estimate of drug-likeness (QED) is 0.760. The van der Waals surface area contributed by atoms with Gasteiger partial charge >= 0.3 is 0 Å². The summed E-state index contributed by atoms with van der Waals surface area (Å²) in [6.07, 6.45) is 0. The van der Waals surface area contributed by atoms with Crippen molar-refractivity contribution in [1.82, 2.24) is 15.0 Å². The molecule has 1 N–H and O–H groups in total. The van der Waals surface area contributed by atoms with Gasteiger partial charge in [-0.05, 0) is 31.5 Å². The second-order valence-corrected chi connectivity index (χ2v) is 6.43. The number of benzene rings is 2. The lowest BCUT2D eigenvalue weighted by Crippen LogP contribution is -2.30. The highest BCUT2D eigenvalue weighted by Crippen LogP contribution is 2.32. The van der Waals surface area contributed by atoms with Crippen LogP contribution in [0.15, 0.2) is 35.1 Å². The highest BCUT2D eigenvalue weighted by Gasteiger charge is 2.17. The van der Waals surface area contributed by atoms with Crippen molar-refractivity contribution in [2.75, 3.05) is 18.5 Å². The highest BCUT2D eigenvalue weighted by atomic mass is 16.6. The molecule has 8 heteroatoms. The molecule has 2 heterocycles. The Kier molecular flexibility index (Phi) is 4.23. The molecule has 8 nitrogen and oxygen atoms in total. The Balaban J connectivity index is 1.61. The number of hydrogen-bond donors (Lipinski definition) is 1. The summed E-state index contributed by atoms with van der Waals surface area (Å²) in [6, 6.07) is 8.93. The zero-order valence-electron chi connectivity index (χ0n) is 15.0. The van der Waals surface area contributed by atoms with E-state index < -0.39 is 5.56 Å². The molecule has 1 aliphatic heterocycles. The fourth-order valence-electron chi connectivity index (χ4n) is 3.00. The maximum absolute atomic E-state index is 12.7. The summed E-state index contributed by atoms with van der Waals surface area (Å²) in [5.74, 6) is 0.674. The number of carbonyl (C=O) groups is 1. The van der Waals surface area contributed by atoms with Crippen LogP contribution in [0.2, 0.25) is 0 Å². The number of aryl methyl sites for hydroxylation is 2. The van der Waals surface area contributed by atoms with Crippen molar-refractivity contribution in [3.05, 3.63) is 51.8 Å². The van der Waals surface area contributed by atoms with Gasteiger partial charge in [-0.1, -0.05) is 22.9 Å². The molecular weight excluding hydrogens is 348 g/mol. The van der Waals surface area contributed by atoms with E-state index in [0.717, 1.165) is 15.8 Å². The van der Waals surface area contributed by atoms with Crippen molar-refractivity contribution in [1.29, 1.82) is 0 Å². The molecule has 0 bridgehead atoms. The molecule has 138 valence electrons. The van der Waals surface area contributed by atoms with Gasteiger partial charge in [0.05, 0.1) is 5.39 Å². The smallest absolute Gasteiger partial charge is 0.278 e. The van der Waals surface area contributed by atoms with Crippen LogP contribution in [-0.2, 0) is 11.3 Å². The maximum Gasteiger partial charge on any atom is 0.278 e. The van der Waals surface area contributed by atoms with Crippen LogP contribution in [0.4, 0.5) is 5.69 Å². The fourth-order valence-corrected chi connectivity index (χ4v) is 3.00. The number of fused-ring (bicyclic) bond motifs is 2. The summed E-state index contributed by atoms with van der Waals surface area (Å²) in [7, 11) is 0. The van der Waals surface area contributed by atoms with Crippen LogP contribution in [0, 0.1) is 13.8 Å². The largest absolute Gasteiger partial charge is 0.486 e. The molecular formula is C19H18N4O4. The zero-order chi connectivity index (χ0) is 19.0. The summed E-state index contributed by atoms with van der Waals surface area (Å²) < 4.78 is 12.0. The monoisotopic (exact) mass is 366 g/mol. The van der Waals surface area contributed by atoms with Crippen molar-refractivity contribution < 1.29 is 14.3 Å². The number of ether oxygens (including phenoxy) is 2. The molecule has 0 unspecified atom stereocenters. The molecule has 1 aliphatic rings. The normalized spacial score (nSPS) is 12.8. The average Bonchev–Trinajstić information content (AvgIpc) is 2.65. The summed E-state index contributed by atoms with van der Waals surface area (Å²) in [5.41, 5.74) is 2.75. The van der Waals surface area contributed by atoms with Gasteiger partial charge in [-0.25, -0.2) is 4.68 Å². The second-order valence-electron chi connectivity index (χ2n) is 6.43. The molecule has 0 spiro atoms. The van der Waals surface area contributed by atoms with Gasteiger partial charge < -0.3 is 14.8 Å². The number of amides is 1. The van der Waals surface area contributed by atoms with Crippen LogP contribution in [0.25, 0.3) is 10.9 Å². The van der Waals surface area contributed by atoms with Gasteiger partial charge in [0.2, 0.25) is 5.91 Å². The molecule has 0 radical (unpaired) electrons. The van der Waals surface area contributed by atoms with E-state index in [4.69, 9.17) is 9.47 Å². The first kappa shape index (κ1) is 17.0. The summed E-state index contributed by atoms with van der Waals surface area (Å²) >= 11 is 0. The molecule has 0 saturated heterocycles. The van der Waals surface area contributed by atoms with Crippen molar-refractivity contribution in [2.45, 2.75) is 20.4 Å². The van der Waals surface area contributed by atoms with Crippen molar-refractivity contribution >= 4 is 22.5 Å². The van der Waals surface area contributed by atoms with Gasteiger partial charge in [-0.2, -0.15) is 0 Å². The number of rotatable bonds is 3. The third kappa shape index (κ3) is 3.33. The van der Waals surface area contributed by atoms with Gasteiger partial charge in [0.1, 0.15) is 25.3 Å². The molecule has 0 saturated carbocycles. The van der Waals surface area contributed by atoms with E-state index in [1.54, 1.807) is 12.1 Å². The van der Waals surface area contributed by atoms with Crippen molar-refractivity contribution in [3.8, 4) is 11.5 Å². The Morgan fingerprint density at radius 3 is 2.63 bits per heavy atom. The summed E-state index contributed by atoms with van der Waals surface area (Å²) in [6.45, 7) is 4.53. The molecule has 1 amide bonds. The SMILES string of the molecule is Cc1ccc(NC(=O)Cn2nnc3cc4c(cc3c2=O)OCCO4)c(C)c1. The first-order valence-corrected chi connectivity index (χ1v) is 8.55. The minimum absolute atomic E-state index is 0.233. The lowest BCUT2D eigenvalue weighted by molar-refractivity contribution is -0.117. The topological polar surface area (TPSA) is 95.3 Å². The van der Waals surface area contributed by atoms with E-state index in [1.807, 2.05) is 32.0 Å². The predicted octanol–water partition coefficient (Wildman–Crippen LogP) is 1.82. The van der Waals surface area contributed by atoms with Crippen LogP contribution >= 0.6 is 0 Å². The van der Waals surface area contributed by atoms with Crippen LogP contribution in [-0.4, -0.2) is 34.1 Å². The fraction of sp³-hybridized carbons (Fsp3) is 0.263. The Morgan fingerprint density at radius 1 is 1.15 bits per heavy atom. The van der Waals surface area contributed by atoms with Crippen LogP contribution in [0.1, 0.15) is 11.1 Å². The number of nitrogens with one attached hydrogen (secondary N) is 1. The summed E-state index contributed by atoms with van der Waals surface area (Å²) in [4.78, 5) is 25.1. The molecule has 2 aromatic carbocycles. The number of nitrogens with zero attached hydrogens (tertiary/aromatic N) is 3. The van der Waals surface area contributed by atoms with E-state index in [-0.39, 0.29) is 12.5 Å². The van der Waals surface area contributed by atoms with E-state index in [1.165, 1.54) is 0 Å². The van der Waals surface area contributed by atoms with Crippen molar-refractivity contribution in [2.24, 2.45) is 0 Å². The van der Waals surface area contributed by atoms with Crippen LogP contribution in [0.5, 0.6) is 11.5 Å². The molecule has 1 aromatic heterocycles. The third-order valence-corrected chi connectivity index (χ3v) is 4.34. The standard InChI is InChI=1S/C19H18N4O4/c1-11-3-4-14(12(2)7-11)20-18(24)10-23-19(25)13-8-16-17(27-6-5-26-16)9-15(13)21-22-23/h3-4,7-9H,5-6,10H2,1-2H3,(H,20,24). The Morgan fingerprint density at radius 2 is 1.89 bits per heavy atom. The van der Waals surface area contributed by atoms with Gasteiger partial charge in [0.25, 0.3) is 5.56 Å². The van der Waals surface area contributed by atoms with Gasteiger partial charge in [0, 0.05) is 11.8 Å². The minimum Gasteiger partial charge on any atom is -0.486 e. The Hall–Kier alpha value is -3.42. The molecule has 4 rings (SSSR count). The lowest BCUT2D eigenvalue weighted by Gasteiger charge is -2.18. The molecule has 0 atom stereocenters. The average molecular weight is 366 g/mol. The van der Waals surface area contributed by atoms with Gasteiger partial charge in [0.15, 0.2) is 11.5 Å². The zero-order valence-corrected chi connectivity index (χ0v) is 15.0. The molecule has 3 aromatic rings. The molecule has 0 fully saturated rings. The number of anilines is 1. The maximum atomic E-state index is 12.7. The van der Waals surface area contributed by atoms with Gasteiger partial charge in [-0.3, -0.25) is 9.59 Å². The molecule has 27 heavy (non-hydrogen) atoms. The number of hydrogen-bond acceptors (Lipinski definition) is 6. The lowest BCUT2D eigenvalue weighted by atomic mass is 10.1. The van der Waals surface area contributed by atoms with E-state index in [2.05, 4.69) is 15.6 Å². The predicted molar refractivity (Wildman–Crippen MR) is 99.3 cm³/mol. The first-order valence-electron chi connectivity index (χ1n) is 8.55. The van der Waals surface area contributed by atoms with E-state index in [0.29, 0.717) is 41.3 Å². The van der Waals surface area contributed by atoms with E-state index in [9.17, 15) is 9.59 Å². The first-order chi connectivity index (χ1) is 13.0. The third-order valence-electron chi connectivity index (χ3n) is 4.34. The Bertz CT molecular complexity index is 1110. The number of aromatic nitrogens is 3. The second kappa shape index (κ2) is 6.71.